The number of aromatic nitrogens is 1. The lowest BCUT2D eigenvalue weighted by Gasteiger charge is -2.32. The van der Waals surface area contributed by atoms with Crippen LogP contribution in [0.2, 0.25) is 0 Å². The number of amides is 2. The predicted molar refractivity (Wildman–Crippen MR) is 111 cm³/mol. The first-order valence-electron chi connectivity index (χ1n) is 9.82. The van der Waals surface area contributed by atoms with E-state index in [0.717, 1.165) is 11.1 Å². The van der Waals surface area contributed by atoms with Crippen LogP contribution in [0.4, 0.5) is 5.69 Å². The predicted octanol–water partition coefficient (Wildman–Crippen LogP) is 4.32. The lowest BCUT2D eigenvalue weighted by atomic mass is 9.68. The van der Waals surface area contributed by atoms with Crippen LogP contribution in [-0.2, 0) is 9.59 Å². The van der Waals surface area contributed by atoms with Crippen molar-refractivity contribution in [2.45, 2.75) is 11.8 Å². The normalized spacial score (nSPS) is 25.9. The summed E-state index contributed by atoms with van der Waals surface area (Å²) in [5, 5.41) is 0. The first-order chi connectivity index (χ1) is 14.3. The van der Waals surface area contributed by atoms with Gasteiger partial charge in [0.15, 0.2) is 0 Å². The van der Waals surface area contributed by atoms with E-state index in [2.05, 4.69) is 17.1 Å². The van der Waals surface area contributed by atoms with Crippen LogP contribution in [0, 0.1) is 11.8 Å². The summed E-state index contributed by atoms with van der Waals surface area (Å²) < 4.78 is 0. The van der Waals surface area contributed by atoms with Crippen molar-refractivity contribution < 1.29 is 9.59 Å². The van der Waals surface area contributed by atoms with E-state index in [4.69, 9.17) is 0 Å². The molecule has 2 aliphatic rings. The van der Waals surface area contributed by atoms with Crippen molar-refractivity contribution in [1.29, 1.82) is 0 Å². The zero-order chi connectivity index (χ0) is 19.8. The zero-order valence-corrected chi connectivity index (χ0v) is 15.8. The van der Waals surface area contributed by atoms with Gasteiger partial charge in [-0.1, -0.05) is 72.8 Å². The highest BCUT2D eigenvalue weighted by Gasteiger charge is 2.55. The maximum absolute atomic E-state index is 13.6. The second-order valence-corrected chi connectivity index (χ2v) is 7.53. The molecule has 3 aromatic rings. The minimum absolute atomic E-state index is 0.121. The van der Waals surface area contributed by atoms with Crippen LogP contribution in [0.5, 0.6) is 0 Å². The van der Waals surface area contributed by atoms with Crippen LogP contribution in [0.3, 0.4) is 0 Å². The fourth-order valence-corrected chi connectivity index (χ4v) is 4.68. The van der Waals surface area contributed by atoms with Crippen molar-refractivity contribution in [2.75, 3.05) is 4.90 Å². The highest BCUT2D eigenvalue weighted by molar-refractivity contribution is 6.22. The number of pyridine rings is 1. The van der Waals surface area contributed by atoms with Gasteiger partial charge in [0.25, 0.3) is 0 Å². The minimum atomic E-state index is -0.423. The van der Waals surface area contributed by atoms with Crippen LogP contribution >= 0.6 is 0 Å². The van der Waals surface area contributed by atoms with Gasteiger partial charge in [-0.25, -0.2) is 4.90 Å². The number of rotatable bonds is 3. The minimum Gasteiger partial charge on any atom is -0.274 e. The molecule has 4 nitrogen and oxygen atoms in total. The number of anilines is 1. The number of nitrogens with zero attached hydrogens (tertiary/aromatic N) is 2. The van der Waals surface area contributed by atoms with Crippen molar-refractivity contribution in [3.05, 3.63) is 108 Å². The molecule has 1 saturated heterocycles. The standard InChI is InChI=1S/C25H20N2O2/c28-24-22-20(17-7-3-1-4-8-17)11-12-21(18-9-5-2-6-10-18)23(22)25(29)27(24)19-13-15-26-16-14-19/h1-16,20-23H/t20-,21+,22+,23-. The third-order valence-electron chi connectivity index (χ3n) is 5.99. The monoisotopic (exact) mass is 380 g/mol. The number of imide groups is 1. The third kappa shape index (κ3) is 2.88. The van der Waals surface area contributed by atoms with Crippen molar-refractivity contribution in [2.24, 2.45) is 11.8 Å². The topological polar surface area (TPSA) is 50.3 Å². The molecular formula is C25H20N2O2. The van der Waals surface area contributed by atoms with Gasteiger partial charge in [0.05, 0.1) is 17.5 Å². The Hall–Kier alpha value is -3.53. The Morgan fingerprint density at radius 2 is 1.07 bits per heavy atom. The first kappa shape index (κ1) is 17.6. The maximum atomic E-state index is 13.6. The molecule has 0 unspecified atom stereocenters. The van der Waals surface area contributed by atoms with Crippen molar-refractivity contribution in [3.8, 4) is 0 Å². The Balaban J connectivity index is 1.64. The average molecular weight is 380 g/mol. The van der Waals surface area contributed by atoms with Gasteiger partial charge in [-0.2, -0.15) is 0 Å². The van der Waals surface area contributed by atoms with E-state index in [0.29, 0.717) is 5.69 Å². The highest BCUT2D eigenvalue weighted by atomic mass is 16.2. The number of allylic oxidation sites excluding steroid dienone is 2. The molecule has 1 fully saturated rings. The molecule has 1 aliphatic heterocycles. The Morgan fingerprint density at radius 3 is 1.52 bits per heavy atom. The molecule has 0 N–H and O–H groups in total. The fraction of sp³-hybridized carbons (Fsp3) is 0.160. The largest absolute Gasteiger partial charge is 0.274 e. The van der Waals surface area contributed by atoms with Crippen molar-refractivity contribution in [3.63, 3.8) is 0 Å². The van der Waals surface area contributed by atoms with Crippen LogP contribution in [-0.4, -0.2) is 16.8 Å². The number of hydrogen-bond acceptors (Lipinski definition) is 3. The maximum Gasteiger partial charge on any atom is 0.238 e. The molecule has 0 spiro atoms. The SMILES string of the molecule is O=C1[C@@H]2[C@H](C(=O)N1c1ccncc1)[C@H](c1ccccc1)C=C[C@@H]2c1ccccc1. The molecule has 1 aromatic heterocycles. The van der Waals surface area contributed by atoms with E-state index >= 15 is 0 Å². The molecule has 2 aromatic carbocycles. The molecule has 1 aliphatic carbocycles. The van der Waals surface area contributed by atoms with Crippen molar-refractivity contribution >= 4 is 17.5 Å². The molecule has 2 amide bonds. The van der Waals surface area contributed by atoms with Crippen LogP contribution in [0.15, 0.2) is 97.3 Å². The Morgan fingerprint density at radius 1 is 0.621 bits per heavy atom. The smallest absolute Gasteiger partial charge is 0.238 e. The summed E-state index contributed by atoms with van der Waals surface area (Å²) in [7, 11) is 0. The number of benzene rings is 2. The Labute approximate surface area is 169 Å². The van der Waals surface area contributed by atoms with E-state index in [1.54, 1.807) is 24.5 Å². The van der Waals surface area contributed by atoms with Gasteiger partial charge in [0, 0.05) is 24.2 Å². The van der Waals surface area contributed by atoms with Gasteiger partial charge >= 0.3 is 0 Å². The van der Waals surface area contributed by atoms with E-state index in [1.165, 1.54) is 4.90 Å². The van der Waals surface area contributed by atoms with Gasteiger partial charge in [0.2, 0.25) is 11.8 Å². The lowest BCUT2D eigenvalue weighted by molar-refractivity contribution is -0.122. The van der Waals surface area contributed by atoms with Gasteiger partial charge in [-0.15, -0.1) is 0 Å². The number of carbonyl (C=O) groups is 2. The molecule has 5 rings (SSSR count). The second kappa shape index (κ2) is 7.13. The summed E-state index contributed by atoms with van der Waals surface area (Å²) in [6.07, 6.45) is 7.43. The van der Waals surface area contributed by atoms with Crippen LogP contribution in [0.25, 0.3) is 0 Å². The van der Waals surface area contributed by atoms with E-state index in [9.17, 15) is 9.59 Å². The van der Waals surface area contributed by atoms with Gasteiger partial charge in [0.1, 0.15) is 0 Å². The molecule has 4 heteroatoms. The number of hydrogen-bond donors (Lipinski definition) is 0. The van der Waals surface area contributed by atoms with Gasteiger partial charge in [-0.3, -0.25) is 14.6 Å². The van der Waals surface area contributed by atoms with E-state index in [-0.39, 0.29) is 23.7 Å². The summed E-state index contributed by atoms with van der Waals surface area (Å²) in [6, 6.07) is 23.4. The fourth-order valence-electron chi connectivity index (χ4n) is 4.68. The van der Waals surface area contributed by atoms with Gasteiger partial charge in [-0.05, 0) is 23.3 Å². The molecule has 4 atom stereocenters. The quantitative estimate of drug-likeness (QED) is 0.502. The molecule has 0 bridgehead atoms. The molecular weight excluding hydrogens is 360 g/mol. The molecule has 29 heavy (non-hydrogen) atoms. The molecule has 142 valence electrons. The van der Waals surface area contributed by atoms with E-state index in [1.807, 2.05) is 60.7 Å². The summed E-state index contributed by atoms with van der Waals surface area (Å²) >= 11 is 0. The van der Waals surface area contributed by atoms with Crippen LogP contribution < -0.4 is 4.90 Å². The Bertz CT molecular complexity index is 996. The molecule has 0 radical (unpaired) electrons. The number of carbonyl (C=O) groups excluding carboxylic acids is 2. The summed E-state index contributed by atoms with van der Waals surface area (Å²) in [5.41, 5.74) is 2.70. The molecule has 0 saturated carbocycles. The summed E-state index contributed by atoms with van der Waals surface area (Å²) in [6.45, 7) is 0. The van der Waals surface area contributed by atoms with Gasteiger partial charge < -0.3 is 0 Å². The average Bonchev–Trinajstić information content (AvgIpc) is 3.06. The van der Waals surface area contributed by atoms with E-state index < -0.39 is 11.8 Å². The first-order valence-corrected chi connectivity index (χ1v) is 9.82. The van der Waals surface area contributed by atoms with Crippen molar-refractivity contribution in [1.82, 2.24) is 4.98 Å². The van der Waals surface area contributed by atoms with Crippen LogP contribution in [0.1, 0.15) is 23.0 Å². The number of fused-ring (bicyclic) bond motifs is 1. The molecule has 2 heterocycles. The Kier molecular flexibility index (Phi) is 4.32. The zero-order valence-electron chi connectivity index (χ0n) is 15.8. The summed E-state index contributed by atoms with van der Waals surface area (Å²) in [4.78, 5) is 32.5. The third-order valence-corrected chi connectivity index (χ3v) is 5.99. The summed E-state index contributed by atoms with van der Waals surface area (Å²) in [5.74, 6) is -1.36. The lowest BCUT2D eigenvalue weighted by Crippen LogP contribution is -2.31. The second-order valence-electron chi connectivity index (χ2n) is 7.53. The highest BCUT2D eigenvalue weighted by Crippen LogP contribution is 2.50.